The van der Waals surface area contributed by atoms with E-state index in [1.54, 1.807) is 24.3 Å². The quantitative estimate of drug-likeness (QED) is 0.852. The van der Waals surface area contributed by atoms with Crippen molar-refractivity contribution in [2.45, 2.75) is 13.1 Å². The lowest BCUT2D eigenvalue weighted by Crippen LogP contribution is -2.30. The van der Waals surface area contributed by atoms with Crippen LogP contribution in [0.5, 0.6) is 6.01 Å². The van der Waals surface area contributed by atoms with Crippen LogP contribution in [0, 0.1) is 6.92 Å². The molecule has 0 saturated heterocycles. The van der Waals surface area contributed by atoms with Gasteiger partial charge in [-0.05, 0) is 25.1 Å². The number of rotatable bonds is 2. The normalized spacial score (nSPS) is 11.1. The summed E-state index contributed by atoms with van der Waals surface area (Å²) in [5.74, 6) is 0. The number of benzene rings is 1. The minimum absolute atomic E-state index is 0.530. The average Bonchev–Trinajstić information content (AvgIpc) is 2.46. The first kappa shape index (κ1) is 15.7. The fourth-order valence-electron chi connectivity index (χ4n) is 1.57. The zero-order chi connectivity index (χ0) is 16.3. The molecule has 2 rings (SSSR count). The van der Waals surface area contributed by atoms with Gasteiger partial charge in [-0.25, -0.2) is 9.78 Å². The van der Waals surface area contributed by atoms with Gasteiger partial charge in [0.1, 0.15) is 0 Å². The van der Waals surface area contributed by atoms with E-state index in [2.05, 4.69) is 9.97 Å². The van der Waals surface area contributed by atoms with E-state index < -0.39 is 24.0 Å². The molecule has 22 heavy (non-hydrogen) atoms. The minimum atomic E-state index is -4.63. The molecule has 0 aliphatic heterocycles. The molecule has 1 heterocycles. The number of hydrogen-bond donors (Lipinski definition) is 0. The highest BCUT2D eigenvalue weighted by molar-refractivity contribution is 5.88. The van der Waals surface area contributed by atoms with Crippen molar-refractivity contribution < 1.29 is 22.7 Å². The fraction of sp³-hybridized carbons (Fsp3) is 0.214. The number of nitrogens with zero attached hydrogens (tertiary/aromatic N) is 3. The van der Waals surface area contributed by atoms with Crippen LogP contribution >= 0.6 is 0 Å². The Kier molecular flexibility index (Phi) is 4.30. The van der Waals surface area contributed by atoms with Crippen molar-refractivity contribution >= 4 is 11.8 Å². The van der Waals surface area contributed by atoms with E-state index in [4.69, 9.17) is 4.74 Å². The van der Waals surface area contributed by atoms with Crippen LogP contribution in [0.25, 0.3) is 0 Å². The molecule has 0 aliphatic rings. The van der Waals surface area contributed by atoms with Crippen LogP contribution in [0.4, 0.5) is 23.7 Å². The first-order valence-electron chi connectivity index (χ1n) is 6.20. The third-order valence-corrected chi connectivity index (χ3v) is 2.80. The maximum Gasteiger partial charge on any atom is 0.433 e. The van der Waals surface area contributed by atoms with Gasteiger partial charge in [-0.15, -0.1) is 0 Å². The maximum atomic E-state index is 12.5. The summed E-state index contributed by atoms with van der Waals surface area (Å²) in [4.78, 5) is 19.7. The predicted octanol–water partition coefficient (Wildman–Crippen LogP) is 3.44. The van der Waals surface area contributed by atoms with Crippen molar-refractivity contribution in [1.29, 1.82) is 0 Å². The molecule has 0 aliphatic carbocycles. The molecule has 116 valence electrons. The number of ether oxygens (including phenoxy) is 1. The molecule has 1 amide bonds. The van der Waals surface area contributed by atoms with Crippen molar-refractivity contribution in [3.63, 3.8) is 0 Å². The summed E-state index contributed by atoms with van der Waals surface area (Å²) in [5, 5.41) is 0. The van der Waals surface area contributed by atoms with Crippen molar-refractivity contribution in [3.05, 3.63) is 47.8 Å². The molecule has 2 aromatic rings. The number of carbonyl (C=O) groups is 1. The number of alkyl halides is 3. The second-order valence-corrected chi connectivity index (χ2v) is 4.48. The zero-order valence-electron chi connectivity index (χ0n) is 11.8. The first-order chi connectivity index (χ1) is 10.3. The SMILES string of the molecule is Cc1ccc(N(C)C(=O)Oc2nccc(C(F)(F)F)n2)cc1. The summed E-state index contributed by atoms with van der Waals surface area (Å²) in [5.41, 5.74) is 0.359. The Morgan fingerprint density at radius 2 is 1.82 bits per heavy atom. The van der Waals surface area contributed by atoms with Gasteiger partial charge in [-0.3, -0.25) is 4.90 Å². The Labute approximate surface area is 124 Å². The third-order valence-electron chi connectivity index (χ3n) is 2.80. The number of aromatic nitrogens is 2. The topological polar surface area (TPSA) is 55.3 Å². The van der Waals surface area contributed by atoms with E-state index in [0.29, 0.717) is 11.8 Å². The molecule has 0 bridgehead atoms. The van der Waals surface area contributed by atoms with Crippen molar-refractivity contribution in [2.75, 3.05) is 11.9 Å². The summed E-state index contributed by atoms with van der Waals surface area (Å²) in [7, 11) is 1.43. The fourth-order valence-corrected chi connectivity index (χ4v) is 1.57. The second-order valence-electron chi connectivity index (χ2n) is 4.48. The Balaban J connectivity index is 2.13. The Morgan fingerprint density at radius 3 is 2.41 bits per heavy atom. The van der Waals surface area contributed by atoms with Crippen molar-refractivity contribution in [1.82, 2.24) is 9.97 Å². The lowest BCUT2D eigenvalue weighted by Gasteiger charge is -2.16. The number of anilines is 1. The van der Waals surface area contributed by atoms with E-state index in [9.17, 15) is 18.0 Å². The molecule has 8 heteroatoms. The smallest absolute Gasteiger partial charge is 0.374 e. The standard InChI is InChI=1S/C14H12F3N3O2/c1-9-3-5-10(6-4-9)20(2)13(21)22-12-18-8-7-11(19-12)14(15,16)17/h3-8H,1-2H3. The predicted molar refractivity (Wildman–Crippen MR) is 72.6 cm³/mol. The van der Waals surface area contributed by atoms with E-state index in [1.165, 1.54) is 7.05 Å². The highest BCUT2D eigenvalue weighted by Crippen LogP contribution is 2.28. The molecule has 0 spiro atoms. The molecule has 1 aromatic heterocycles. The molecule has 1 aromatic carbocycles. The molecule has 0 fully saturated rings. The number of amides is 1. The Morgan fingerprint density at radius 1 is 1.18 bits per heavy atom. The number of halogens is 3. The highest BCUT2D eigenvalue weighted by atomic mass is 19.4. The molecular formula is C14H12F3N3O2. The van der Waals surface area contributed by atoms with Gasteiger partial charge in [0, 0.05) is 18.9 Å². The van der Waals surface area contributed by atoms with Gasteiger partial charge in [-0.1, -0.05) is 17.7 Å². The van der Waals surface area contributed by atoms with Crippen LogP contribution in [0.1, 0.15) is 11.3 Å². The van der Waals surface area contributed by atoms with Gasteiger partial charge in [0.05, 0.1) is 0 Å². The Bertz CT molecular complexity index is 672. The van der Waals surface area contributed by atoms with E-state index >= 15 is 0 Å². The van der Waals surface area contributed by atoms with Crippen molar-refractivity contribution in [3.8, 4) is 6.01 Å². The van der Waals surface area contributed by atoms with Gasteiger partial charge < -0.3 is 4.74 Å². The van der Waals surface area contributed by atoms with Gasteiger partial charge in [0.15, 0.2) is 5.69 Å². The molecular weight excluding hydrogens is 299 g/mol. The van der Waals surface area contributed by atoms with Gasteiger partial charge in [0.2, 0.25) is 0 Å². The van der Waals surface area contributed by atoms with Crippen LogP contribution in [0.15, 0.2) is 36.5 Å². The van der Waals surface area contributed by atoms with Gasteiger partial charge >= 0.3 is 18.3 Å². The lowest BCUT2D eigenvalue weighted by molar-refractivity contribution is -0.141. The lowest BCUT2D eigenvalue weighted by atomic mass is 10.2. The molecule has 0 saturated carbocycles. The summed E-state index contributed by atoms with van der Waals surface area (Å²) >= 11 is 0. The second kappa shape index (κ2) is 6.00. The zero-order valence-corrected chi connectivity index (χ0v) is 11.8. The maximum absolute atomic E-state index is 12.5. The average molecular weight is 311 g/mol. The van der Waals surface area contributed by atoms with Gasteiger partial charge in [0.25, 0.3) is 0 Å². The summed E-state index contributed by atoms with van der Waals surface area (Å²) in [6, 6.07) is 6.99. The van der Waals surface area contributed by atoms with Crippen LogP contribution < -0.4 is 9.64 Å². The minimum Gasteiger partial charge on any atom is -0.374 e. The van der Waals surface area contributed by atoms with Crippen LogP contribution in [0.3, 0.4) is 0 Å². The molecule has 0 N–H and O–H groups in total. The molecule has 0 unspecified atom stereocenters. The monoisotopic (exact) mass is 311 g/mol. The summed E-state index contributed by atoms with van der Waals surface area (Å²) in [6.07, 6.45) is -4.64. The third kappa shape index (κ3) is 3.72. The van der Waals surface area contributed by atoms with Gasteiger partial charge in [-0.2, -0.15) is 18.2 Å². The number of aryl methyl sites for hydroxylation is 1. The molecule has 0 radical (unpaired) electrons. The summed E-state index contributed by atoms with van der Waals surface area (Å²) < 4.78 is 42.3. The number of hydrogen-bond acceptors (Lipinski definition) is 4. The van der Waals surface area contributed by atoms with Crippen molar-refractivity contribution in [2.24, 2.45) is 0 Å². The first-order valence-corrected chi connectivity index (χ1v) is 6.20. The van der Waals surface area contributed by atoms with Crippen LogP contribution in [0.2, 0.25) is 0 Å². The molecule has 5 nitrogen and oxygen atoms in total. The summed E-state index contributed by atoms with van der Waals surface area (Å²) in [6.45, 7) is 1.89. The highest BCUT2D eigenvalue weighted by Gasteiger charge is 2.33. The van der Waals surface area contributed by atoms with E-state index in [1.807, 2.05) is 6.92 Å². The Hall–Kier alpha value is -2.64. The van der Waals surface area contributed by atoms with E-state index in [-0.39, 0.29) is 0 Å². The number of carbonyl (C=O) groups excluding carboxylic acids is 1. The largest absolute Gasteiger partial charge is 0.433 e. The molecule has 0 atom stereocenters. The van der Waals surface area contributed by atoms with E-state index in [0.717, 1.165) is 16.7 Å². The van der Waals surface area contributed by atoms with Crippen LogP contribution in [-0.4, -0.2) is 23.1 Å². The van der Waals surface area contributed by atoms with Crippen LogP contribution in [-0.2, 0) is 6.18 Å².